The van der Waals surface area contributed by atoms with E-state index in [0.29, 0.717) is 16.1 Å². The van der Waals surface area contributed by atoms with Gasteiger partial charge >= 0.3 is 5.97 Å². The molecule has 1 aromatic carbocycles. The first kappa shape index (κ1) is 23.0. The lowest BCUT2D eigenvalue weighted by Crippen LogP contribution is -2.27. The van der Waals surface area contributed by atoms with Crippen molar-refractivity contribution in [2.45, 2.75) is 34.6 Å². The van der Waals surface area contributed by atoms with E-state index in [4.69, 9.17) is 4.74 Å². The Morgan fingerprint density at radius 1 is 1.17 bits per heavy atom. The largest absolute Gasteiger partial charge is 0.451 e. The van der Waals surface area contributed by atoms with E-state index in [1.807, 2.05) is 0 Å². The maximum absolute atomic E-state index is 12.3. The van der Waals surface area contributed by atoms with Crippen molar-refractivity contribution in [3.63, 3.8) is 0 Å². The molecule has 0 saturated carbocycles. The zero-order valence-corrected chi connectivity index (χ0v) is 18.1. The Morgan fingerprint density at radius 3 is 2.43 bits per heavy atom. The molecule has 0 aliphatic heterocycles. The number of anilines is 2. The Morgan fingerprint density at radius 2 is 1.83 bits per heavy atom. The maximum Gasteiger partial charge on any atom is 0.349 e. The van der Waals surface area contributed by atoms with Gasteiger partial charge in [0.05, 0.1) is 21.2 Å². The highest BCUT2D eigenvalue weighted by Gasteiger charge is 2.23. The summed E-state index contributed by atoms with van der Waals surface area (Å²) in [4.78, 5) is 47.3. The van der Waals surface area contributed by atoms with Crippen molar-refractivity contribution in [3.05, 3.63) is 50.4 Å². The summed E-state index contributed by atoms with van der Waals surface area (Å²) in [7, 11) is 0. The van der Waals surface area contributed by atoms with Crippen LogP contribution in [-0.2, 0) is 14.3 Å². The Balaban J connectivity index is 1.99. The van der Waals surface area contributed by atoms with Crippen molar-refractivity contribution in [2.24, 2.45) is 5.41 Å². The van der Waals surface area contributed by atoms with Gasteiger partial charge in [-0.15, -0.1) is 11.3 Å². The number of nitro benzene ring substituents is 1. The van der Waals surface area contributed by atoms with Crippen LogP contribution in [0.1, 0.15) is 41.6 Å². The number of hydrogen-bond acceptors (Lipinski definition) is 7. The van der Waals surface area contributed by atoms with Gasteiger partial charge in [0.15, 0.2) is 6.61 Å². The Bertz CT molecular complexity index is 1010. The number of thiophene rings is 1. The molecular formula is C20H23N3O6S. The predicted molar refractivity (Wildman–Crippen MR) is 114 cm³/mol. The van der Waals surface area contributed by atoms with E-state index < -0.39 is 28.8 Å². The second-order valence-corrected chi connectivity index (χ2v) is 8.71. The molecule has 30 heavy (non-hydrogen) atoms. The lowest BCUT2D eigenvalue weighted by atomic mass is 9.96. The number of nitrogens with one attached hydrogen (secondary N) is 2. The summed E-state index contributed by atoms with van der Waals surface area (Å²) in [5.74, 6) is -1.50. The molecule has 0 fully saturated rings. The summed E-state index contributed by atoms with van der Waals surface area (Å²) in [5, 5.41) is 16.8. The number of carbonyl (C=O) groups excluding carboxylic acids is 3. The minimum atomic E-state index is -0.695. The Kier molecular flexibility index (Phi) is 6.93. The standard InChI is InChI=1S/C20H23N3O6S/c1-11-9-16(22-19(26)20(3,4)5)30-17(11)18(25)29-10-15(24)21-13-7-6-8-14(12(13)2)23(27)28/h6-9H,10H2,1-5H3,(H,21,24)(H,22,26). The summed E-state index contributed by atoms with van der Waals surface area (Å²) in [6.07, 6.45) is 0. The molecule has 2 N–H and O–H groups in total. The highest BCUT2D eigenvalue weighted by atomic mass is 32.1. The summed E-state index contributed by atoms with van der Waals surface area (Å²) < 4.78 is 5.06. The number of esters is 1. The minimum Gasteiger partial charge on any atom is -0.451 e. The zero-order chi connectivity index (χ0) is 22.6. The number of aryl methyl sites for hydroxylation is 1. The highest BCUT2D eigenvalue weighted by Crippen LogP contribution is 2.29. The number of nitro groups is 1. The summed E-state index contributed by atoms with van der Waals surface area (Å²) in [5.41, 5.74) is 0.481. The van der Waals surface area contributed by atoms with Crippen LogP contribution < -0.4 is 10.6 Å². The summed E-state index contributed by atoms with van der Waals surface area (Å²) in [6.45, 7) is 8.00. The van der Waals surface area contributed by atoms with Crippen LogP contribution in [0.5, 0.6) is 0 Å². The monoisotopic (exact) mass is 433 g/mol. The van der Waals surface area contributed by atoms with E-state index in [1.54, 1.807) is 33.8 Å². The van der Waals surface area contributed by atoms with Gasteiger partial charge in [0.1, 0.15) is 4.88 Å². The van der Waals surface area contributed by atoms with E-state index in [2.05, 4.69) is 10.6 Å². The number of hydrogen-bond donors (Lipinski definition) is 2. The molecule has 9 nitrogen and oxygen atoms in total. The van der Waals surface area contributed by atoms with Gasteiger partial charge in [0.25, 0.3) is 11.6 Å². The molecular weight excluding hydrogens is 410 g/mol. The van der Waals surface area contributed by atoms with Gasteiger partial charge in [-0.1, -0.05) is 26.8 Å². The first-order chi connectivity index (χ1) is 13.9. The molecule has 0 radical (unpaired) electrons. The zero-order valence-electron chi connectivity index (χ0n) is 17.3. The van der Waals surface area contributed by atoms with E-state index in [-0.39, 0.29) is 22.2 Å². The molecule has 0 aliphatic rings. The van der Waals surface area contributed by atoms with Crippen molar-refractivity contribution in [2.75, 3.05) is 17.2 Å². The average molecular weight is 433 g/mol. The van der Waals surface area contributed by atoms with Crippen molar-refractivity contribution >= 4 is 45.5 Å². The second kappa shape index (κ2) is 9.04. The van der Waals surface area contributed by atoms with Crippen LogP contribution in [0.2, 0.25) is 0 Å². The summed E-state index contributed by atoms with van der Waals surface area (Å²) >= 11 is 1.06. The number of nitrogens with zero attached hydrogens (tertiary/aromatic N) is 1. The van der Waals surface area contributed by atoms with E-state index >= 15 is 0 Å². The minimum absolute atomic E-state index is 0.121. The molecule has 160 valence electrons. The topological polar surface area (TPSA) is 128 Å². The van der Waals surface area contributed by atoms with Crippen molar-refractivity contribution in [1.29, 1.82) is 0 Å². The lowest BCUT2D eigenvalue weighted by Gasteiger charge is -2.16. The lowest BCUT2D eigenvalue weighted by molar-refractivity contribution is -0.385. The highest BCUT2D eigenvalue weighted by molar-refractivity contribution is 7.18. The predicted octanol–water partition coefficient (Wildman–Crippen LogP) is 4.05. The molecule has 0 bridgehead atoms. The second-order valence-electron chi connectivity index (χ2n) is 7.66. The van der Waals surface area contributed by atoms with Gasteiger partial charge in [0, 0.05) is 11.5 Å². The summed E-state index contributed by atoms with van der Waals surface area (Å²) in [6, 6.07) is 5.98. The number of ether oxygens (including phenoxy) is 1. The molecule has 0 atom stereocenters. The van der Waals surface area contributed by atoms with Crippen LogP contribution in [-0.4, -0.2) is 29.3 Å². The van der Waals surface area contributed by atoms with Crippen molar-refractivity contribution < 1.29 is 24.0 Å². The first-order valence-electron chi connectivity index (χ1n) is 9.03. The quantitative estimate of drug-likeness (QED) is 0.402. The van der Waals surface area contributed by atoms with Crippen LogP contribution in [0.25, 0.3) is 0 Å². The van der Waals surface area contributed by atoms with Crippen LogP contribution in [0, 0.1) is 29.4 Å². The fourth-order valence-electron chi connectivity index (χ4n) is 2.39. The fraction of sp³-hybridized carbons (Fsp3) is 0.350. The van der Waals surface area contributed by atoms with E-state index in [1.165, 1.54) is 25.1 Å². The van der Waals surface area contributed by atoms with Crippen molar-refractivity contribution in [1.82, 2.24) is 0 Å². The molecule has 0 aliphatic carbocycles. The number of carbonyl (C=O) groups is 3. The SMILES string of the molecule is Cc1cc(NC(=O)C(C)(C)C)sc1C(=O)OCC(=O)Nc1cccc([N+](=O)[O-])c1C. The third-order valence-corrected chi connectivity index (χ3v) is 5.26. The smallest absolute Gasteiger partial charge is 0.349 e. The maximum atomic E-state index is 12.3. The van der Waals surface area contributed by atoms with Crippen molar-refractivity contribution in [3.8, 4) is 0 Å². The molecule has 1 aromatic heterocycles. The third-order valence-electron chi connectivity index (χ3n) is 4.13. The Hall–Kier alpha value is -3.27. The Labute approximate surface area is 177 Å². The van der Waals surface area contributed by atoms with Crippen LogP contribution in [0.4, 0.5) is 16.4 Å². The fourth-order valence-corrected chi connectivity index (χ4v) is 3.35. The van der Waals surface area contributed by atoms with Gasteiger partial charge < -0.3 is 15.4 Å². The van der Waals surface area contributed by atoms with Crippen LogP contribution >= 0.6 is 11.3 Å². The van der Waals surface area contributed by atoms with Gasteiger partial charge in [-0.3, -0.25) is 19.7 Å². The molecule has 10 heteroatoms. The number of amides is 2. The van der Waals surface area contributed by atoms with Gasteiger partial charge in [0.2, 0.25) is 5.91 Å². The van der Waals surface area contributed by atoms with Gasteiger partial charge in [-0.2, -0.15) is 0 Å². The average Bonchev–Trinajstić information content (AvgIpc) is 3.00. The first-order valence-corrected chi connectivity index (χ1v) is 9.84. The third kappa shape index (κ3) is 5.63. The van der Waals surface area contributed by atoms with Crippen LogP contribution in [0.3, 0.4) is 0 Å². The molecule has 2 aromatic rings. The van der Waals surface area contributed by atoms with Crippen LogP contribution in [0.15, 0.2) is 24.3 Å². The van der Waals surface area contributed by atoms with Gasteiger partial charge in [-0.25, -0.2) is 4.79 Å². The molecule has 0 saturated heterocycles. The molecule has 1 heterocycles. The van der Waals surface area contributed by atoms with Gasteiger partial charge in [-0.05, 0) is 31.5 Å². The normalized spacial score (nSPS) is 11.0. The number of benzene rings is 1. The number of rotatable bonds is 6. The molecule has 2 rings (SSSR count). The van der Waals surface area contributed by atoms with E-state index in [9.17, 15) is 24.5 Å². The molecule has 0 unspecified atom stereocenters. The van der Waals surface area contributed by atoms with E-state index in [0.717, 1.165) is 11.3 Å². The molecule has 2 amide bonds. The molecule has 0 spiro atoms.